The lowest BCUT2D eigenvalue weighted by Crippen LogP contribution is -2.40. The fourth-order valence-electron chi connectivity index (χ4n) is 1.18. The zero-order valence-corrected chi connectivity index (χ0v) is 10.7. The monoisotopic (exact) mass is 227 g/mol. The van der Waals surface area contributed by atoms with Crippen LogP contribution in [0.25, 0.3) is 0 Å². The second kappa shape index (κ2) is 5.64. The molecule has 0 spiro atoms. The predicted octanol–water partition coefficient (Wildman–Crippen LogP) is 2.95. The van der Waals surface area contributed by atoms with Gasteiger partial charge in [-0.1, -0.05) is 13.8 Å². The fraction of sp³-hybridized carbons (Fsp3) is 0.667. The van der Waals surface area contributed by atoms with Crippen molar-refractivity contribution in [3.63, 3.8) is 0 Å². The second-order valence-electron chi connectivity index (χ2n) is 4.22. The Kier molecular flexibility index (Phi) is 4.77. The molecule has 1 heterocycles. The Morgan fingerprint density at radius 2 is 2.00 bits per heavy atom. The van der Waals surface area contributed by atoms with Crippen LogP contribution < -0.4 is 5.73 Å². The first-order valence-corrected chi connectivity index (χ1v) is 6.33. The maximum atomic E-state index is 5.99. The number of nitrogens with two attached hydrogens (primary N) is 1. The molecule has 1 aromatic rings. The van der Waals surface area contributed by atoms with E-state index in [-0.39, 0.29) is 5.54 Å². The Morgan fingerprint density at radius 1 is 1.33 bits per heavy atom. The second-order valence-corrected chi connectivity index (χ2v) is 5.47. The highest BCUT2D eigenvalue weighted by molar-refractivity contribution is 7.11. The molecule has 0 aliphatic rings. The lowest BCUT2D eigenvalue weighted by molar-refractivity contribution is 0.0794. The van der Waals surface area contributed by atoms with E-state index >= 15 is 0 Å². The normalized spacial score (nSPS) is 15.2. The average Bonchev–Trinajstić information content (AvgIpc) is 2.66. The molecule has 86 valence electrons. The van der Waals surface area contributed by atoms with E-state index in [9.17, 15) is 0 Å². The molecule has 1 atom stereocenters. The molecule has 0 aromatic carbocycles. The number of hydrogen-bond donors (Lipinski definition) is 1. The summed E-state index contributed by atoms with van der Waals surface area (Å²) in [6.07, 6.45) is 2.05. The molecule has 1 aromatic heterocycles. The molecule has 3 heteroatoms. The van der Waals surface area contributed by atoms with Gasteiger partial charge in [0.25, 0.3) is 0 Å². The molecule has 0 bridgehead atoms. The van der Waals surface area contributed by atoms with Gasteiger partial charge in [0, 0.05) is 15.3 Å². The van der Waals surface area contributed by atoms with Gasteiger partial charge in [-0.3, -0.25) is 0 Å². The van der Waals surface area contributed by atoms with Gasteiger partial charge in [-0.05, 0) is 31.9 Å². The van der Waals surface area contributed by atoms with E-state index in [0.29, 0.717) is 13.2 Å². The number of aryl methyl sites for hydroxylation is 1. The van der Waals surface area contributed by atoms with E-state index in [4.69, 9.17) is 10.5 Å². The van der Waals surface area contributed by atoms with Crippen molar-refractivity contribution in [2.75, 3.05) is 6.61 Å². The van der Waals surface area contributed by atoms with Crippen LogP contribution in [0.15, 0.2) is 12.1 Å². The van der Waals surface area contributed by atoms with Crippen LogP contribution in [0, 0.1) is 0 Å². The van der Waals surface area contributed by atoms with Crippen LogP contribution in [0.4, 0.5) is 0 Å². The number of rotatable bonds is 6. The molecule has 2 nitrogen and oxygen atoms in total. The molecule has 2 N–H and O–H groups in total. The molecule has 0 amide bonds. The van der Waals surface area contributed by atoms with Crippen molar-refractivity contribution in [1.29, 1.82) is 0 Å². The Balaban J connectivity index is 2.31. The van der Waals surface area contributed by atoms with Crippen LogP contribution in [0.1, 0.15) is 36.9 Å². The molecule has 1 rings (SSSR count). The van der Waals surface area contributed by atoms with E-state index in [0.717, 1.165) is 12.8 Å². The summed E-state index contributed by atoms with van der Waals surface area (Å²) < 4.78 is 5.62. The Morgan fingerprint density at radius 3 is 2.53 bits per heavy atom. The largest absolute Gasteiger partial charge is 0.374 e. The molecule has 0 aliphatic carbocycles. The van der Waals surface area contributed by atoms with Gasteiger partial charge in [-0.25, -0.2) is 0 Å². The van der Waals surface area contributed by atoms with Crippen molar-refractivity contribution in [3.05, 3.63) is 21.9 Å². The minimum Gasteiger partial charge on any atom is -0.374 e. The molecule has 0 aliphatic heterocycles. The third-order valence-corrected chi connectivity index (χ3v) is 3.75. The van der Waals surface area contributed by atoms with Gasteiger partial charge in [0.15, 0.2) is 0 Å². The first-order chi connectivity index (χ1) is 7.07. The highest BCUT2D eigenvalue weighted by Gasteiger charge is 2.15. The fourth-order valence-corrected chi connectivity index (χ4v) is 2.07. The standard InChI is InChI=1S/C12H21NOS/c1-4-10-6-7-11(15-10)8-14-9-12(3,13)5-2/h6-7H,4-5,8-9,13H2,1-3H3. The van der Waals surface area contributed by atoms with Gasteiger partial charge >= 0.3 is 0 Å². The summed E-state index contributed by atoms with van der Waals surface area (Å²) in [6.45, 7) is 7.60. The van der Waals surface area contributed by atoms with Crippen molar-refractivity contribution in [2.45, 2.75) is 45.8 Å². The topological polar surface area (TPSA) is 35.2 Å². The van der Waals surface area contributed by atoms with E-state index < -0.39 is 0 Å². The molecule has 1 unspecified atom stereocenters. The van der Waals surface area contributed by atoms with Crippen molar-refractivity contribution in [2.24, 2.45) is 5.73 Å². The first kappa shape index (κ1) is 12.7. The number of ether oxygens (including phenoxy) is 1. The molecule has 15 heavy (non-hydrogen) atoms. The molecular formula is C12H21NOS. The number of thiophene rings is 1. The Bertz CT molecular complexity index is 294. The SMILES string of the molecule is CCc1ccc(COCC(C)(N)CC)s1. The van der Waals surface area contributed by atoms with Gasteiger partial charge in [0.1, 0.15) is 0 Å². The molecule has 0 saturated heterocycles. The van der Waals surface area contributed by atoms with E-state index in [2.05, 4.69) is 26.0 Å². The molecular weight excluding hydrogens is 206 g/mol. The molecule has 0 radical (unpaired) electrons. The summed E-state index contributed by atoms with van der Waals surface area (Å²) in [5, 5.41) is 0. The summed E-state index contributed by atoms with van der Waals surface area (Å²) in [6, 6.07) is 4.31. The lowest BCUT2D eigenvalue weighted by Gasteiger charge is -2.21. The zero-order valence-electron chi connectivity index (χ0n) is 9.88. The third-order valence-electron chi connectivity index (χ3n) is 2.55. The average molecular weight is 227 g/mol. The molecule has 0 fully saturated rings. The zero-order chi connectivity index (χ0) is 11.3. The summed E-state index contributed by atoms with van der Waals surface area (Å²) in [4.78, 5) is 2.71. The third kappa shape index (κ3) is 4.33. The van der Waals surface area contributed by atoms with Gasteiger partial charge in [0.2, 0.25) is 0 Å². The molecule has 0 saturated carbocycles. The minimum atomic E-state index is -0.190. The highest BCUT2D eigenvalue weighted by atomic mass is 32.1. The Hall–Kier alpha value is -0.380. The summed E-state index contributed by atoms with van der Waals surface area (Å²) in [7, 11) is 0. The van der Waals surface area contributed by atoms with Gasteiger partial charge in [0.05, 0.1) is 13.2 Å². The van der Waals surface area contributed by atoms with Crippen molar-refractivity contribution < 1.29 is 4.74 Å². The predicted molar refractivity (Wildman–Crippen MR) is 66.2 cm³/mol. The summed E-state index contributed by atoms with van der Waals surface area (Å²) in [5.41, 5.74) is 5.80. The number of hydrogen-bond acceptors (Lipinski definition) is 3. The van der Waals surface area contributed by atoms with Crippen molar-refractivity contribution in [3.8, 4) is 0 Å². The van der Waals surface area contributed by atoms with E-state index in [1.165, 1.54) is 9.75 Å². The van der Waals surface area contributed by atoms with Crippen LogP contribution >= 0.6 is 11.3 Å². The lowest BCUT2D eigenvalue weighted by atomic mass is 10.0. The quantitative estimate of drug-likeness (QED) is 0.811. The minimum absolute atomic E-state index is 0.190. The van der Waals surface area contributed by atoms with Crippen LogP contribution in [-0.2, 0) is 17.8 Å². The van der Waals surface area contributed by atoms with Gasteiger partial charge in [-0.2, -0.15) is 0 Å². The van der Waals surface area contributed by atoms with Crippen molar-refractivity contribution in [1.82, 2.24) is 0 Å². The highest BCUT2D eigenvalue weighted by Crippen LogP contribution is 2.18. The van der Waals surface area contributed by atoms with Gasteiger partial charge < -0.3 is 10.5 Å². The van der Waals surface area contributed by atoms with Crippen LogP contribution in [0.3, 0.4) is 0 Å². The van der Waals surface area contributed by atoms with E-state index in [1.807, 2.05) is 18.3 Å². The van der Waals surface area contributed by atoms with E-state index in [1.54, 1.807) is 0 Å². The summed E-state index contributed by atoms with van der Waals surface area (Å²) in [5.74, 6) is 0. The maximum absolute atomic E-state index is 5.99. The first-order valence-electron chi connectivity index (χ1n) is 5.51. The summed E-state index contributed by atoms with van der Waals surface area (Å²) >= 11 is 1.83. The Labute approximate surface area is 96.4 Å². The van der Waals surface area contributed by atoms with Crippen LogP contribution in [-0.4, -0.2) is 12.1 Å². The smallest absolute Gasteiger partial charge is 0.0810 e. The van der Waals surface area contributed by atoms with Crippen molar-refractivity contribution >= 4 is 11.3 Å². The van der Waals surface area contributed by atoms with Crippen LogP contribution in [0.2, 0.25) is 0 Å². The van der Waals surface area contributed by atoms with Gasteiger partial charge in [-0.15, -0.1) is 11.3 Å². The maximum Gasteiger partial charge on any atom is 0.0810 e. The van der Waals surface area contributed by atoms with Crippen LogP contribution in [0.5, 0.6) is 0 Å².